The zero-order valence-electron chi connectivity index (χ0n) is 10.3. The van der Waals surface area contributed by atoms with Crippen LogP contribution in [0.4, 0.5) is 0 Å². The molecule has 0 atom stereocenters. The lowest BCUT2D eigenvalue weighted by molar-refractivity contribution is 0.0342. The SMILES string of the molecule is c1csc(-c2ccc(CN3CCOCC3)cc2)c1. The summed E-state index contributed by atoms with van der Waals surface area (Å²) < 4.78 is 5.37. The van der Waals surface area contributed by atoms with Crippen LogP contribution in [-0.4, -0.2) is 31.2 Å². The van der Waals surface area contributed by atoms with Gasteiger partial charge in [0.05, 0.1) is 13.2 Å². The highest BCUT2D eigenvalue weighted by Gasteiger charge is 2.10. The third-order valence-corrected chi connectivity index (χ3v) is 4.19. The van der Waals surface area contributed by atoms with Crippen molar-refractivity contribution in [2.75, 3.05) is 26.3 Å². The van der Waals surface area contributed by atoms with Gasteiger partial charge >= 0.3 is 0 Å². The quantitative estimate of drug-likeness (QED) is 0.839. The van der Waals surface area contributed by atoms with Gasteiger partial charge in [-0.2, -0.15) is 0 Å². The van der Waals surface area contributed by atoms with Gasteiger partial charge < -0.3 is 4.74 Å². The second-order valence-electron chi connectivity index (χ2n) is 4.56. The number of ether oxygens (including phenoxy) is 1. The van der Waals surface area contributed by atoms with Crippen molar-refractivity contribution < 1.29 is 4.74 Å². The van der Waals surface area contributed by atoms with E-state index in [2.05, 4.69) is 46.7 Å². The van der Waals surface area contributed by atoms with Crippen molar-refractivity contribution in [3.05, 3.63) is 47.3 Å². The van der Waals surface area contributed by atoms with Crippen LogP contribution < -0.4 is 0 Å². The lowest BCUT2D eigenvalue weighted by Crippen LogP contribution is -2.35. The first kappa shape index (κ1) is 11.9. The lowest BCUT2D eigenvalue weighted by atomic mass is 10.1. The minimum Gasteiger partial charge on any atom is -0.379 e. The molecule has 0 spiro atoms. The molecule has 3 rings (SSSR count). The Bertz CT molecular complexity index is 472. The minimum atomic E-state index is 0.868. The predicted octanol–water partition coefficient (Wildman–Crippen LogP) is 3.25. The average molecular weight is 259 g/mol. The van der Waals surface area contributed by atoms with Crippen molar-refractivity contribution in [3.8, 4) is 10.4 Å². The summed E-state index contributed by atoms with van der Waals surface area (Å²) >= 11 is 1.79. The van der Waals surface area contributed by atoms with Crippen LogP contribution in [0.25, 0.3) is 10.4 Å². The Kier molecular flexibility index (Phi) is 3.74. The maximum atomic E-state index is 5.37. The van der Waals surface area contributed by atoms with E-state index >= 15 is 0 Å². The first-order chi connectivity index (χ1) is 8.92. The van der Waals surface area contributed by atoms with E-state index in [1.54, 1.807) is 11.3 Å². The van der Waals surface area contributed by atoms with E-state index < -0.39 is 0 Å². The van der Waals surface area contributed by atoms with Crippen LogP contribution in [0.15, 0.2) is 41.8 Å². The topological polar surface area (TPSA) is 12.5 Å². The van der Waals surface area contributed by atoms with Gasteiger partial charge in [0, 0.05) is 24.5 Å². The van der Waals surface area contributed by atoms with E-state index in [0.29, 0.717) is 0 Å². The molecule has 1 aliphatic heterocycles. The molecule has 0 radical (unpaired) electrons. The Morgan fingerprint density at radius 1 is 1.06 bits per heavy atom. The van der Waals surface area contributed by atoms with Crippen molar-refractivity contribution in [3.63, 3.8) is 0 Å². The van der Waals surface area contributed by atoms with Crippen LogP contribution in [-0.2, 0) is 11.3 Å². The molecule has 1 aromatic heterocycles. The van der Waals surface area contributed by atoms with Crippen LogP contribution in [0.5, 0.6) is 0 Å². The fourth-order valence-electron chi connectivity index (χ4n) is 2.23. The van der Waals surface area contributed by atoms with Crippen molar-refractivity contribution in [1.29, 1.82) is 0 Å². The Hall–Kier alpha value is -1.16. The van der Waals surface area contributed by atoms with E-state index in [9.17, 15) is 0 Å². The van der Waals surface area contributed by atoms with Gasteiger partial charge in [0.2, 0.25) is 0 Å². The Labute approximate surface area is 112 Å². The number of hydrogen-bond acceptors (Lipinski definition) is 3. The van der Waals surface area contributed by atoms with Gasteiger partial charge in [-0.15, -0.1) is 11.3 Å². The number of hydrogen-bond donors (Lipinski definition) is 0. The van der Waals surface area contributed by atoms with Crippen LogP contribution >= 0.6 is 11.3 Å². The molecule has 18 heavy (non-hydrogen) atoms. The van der Waals surface area contributed by atoms with Gasteiger partial charge in [0.15, 0.2) is 0 Å². The summed E-state index contributed by atoms with van der Waals surface area (Å²) in [5.41, 5.74) is 2.70. The monoisotopic (exact) mass is 259 g/mol. The molecular formula is C15H17NOS. The largest absolute Gasteiger partial charge is 0.379 e. The predicted molar refractivity (Wildman–Crippen MR) is 75.9 cm³/mol. The molecule has 0 N–H and O–H groups in total. The lowest BCUT2D eigenvalue weighted by Gasteiger charge is -2.26. The molecule has 1 aliphatic rings. The second kappa shape index (κ2) is 5.65. The molecule has 2 aromatic rings. The molecule has 3 heteroatoms. The van der Waals surface area contributed by atoms with Gasteiger partial charge in [-0.25, -0.2) is 0 Å². The van der Waals surface area contributed by atoms with Crippen molar-refractivity contribution in [2.45, 2.75) is 6.54 Å². The summed E-state index contributed by atoms with van der Waals surface area (Å²) in [4.78, 5) is 3.79. The summed E-state index contributed by atoms with van der Waals surface area (Å²) in [6.07, 6.45) is 0. The molecule has 1 fully saturated rings. The summed E-state index contributed by atoms with van der Waals surface area (Å²) in [7, 11) is 0. The maximum Gasteiger partial charge on any atom is 0.0594 e. The zero-order chi connectivity index (χ0) is 12.2. The molecule has 0 saturated carbocycles. The van der Waals surface area contributed by atoms with Crippen LogP contribution in [0.2, 0.25) is 0 Å². The summed E-state index contributed by atoms with van der Waals surface area (Å²) in [5.74, 6) is 0. The van der Waals surface area contributed by atoms with E-state index in [1.165, 1.54) is 16.0 Å². The Morgan fingerprint density at radius 2 is 1.83 bits per heavy atom. The van der Waals surface area contributed by atoms with Gasteiger partial charge in [0.25, 0.3) is 0 Å². The van der Waals surface area contributed by atoms with Gasteiger partial charge in [0.1, 0.15) is 0 Å². The molecule has 0 unspecified atom stereocenters. The molecule has 94 valence electrons. The second-order valence-corrected chi connectivity index (χ2v) is 5.51. The smallest absolute Gasteiger partial charge is 0.0594 e. The molecule has 0 bridgehead atoms. The van der Waals surface area contributed by atoms with E-state index in [0.717, 1.165) is 32.8 Å². The zero-order valence-corrected chi connectivity index (χ0v) is 11.2. The van der Waals surface area contributed by atoms with Gasteiger partial charge in [-0.3, -0.25) is 4.90 Å². The fourth-order valence-corrected chi connectivity index (χ4v) is 2.97. The summed E-state index contributed by atoms with van der Waals surface area (Å²) in [6, 6.07) is 13.2. The van der Waals surface area contributed by atoms with Crippen molar-refractivity contribution in [2.24, 2.45) is 0 Å². The van der Waals surface area contributed by atoms with Crippen LogP contribution in [0.1, 0.15) is 5.56 Å². The number of benzene rings is 1. The molecule has 0 amide bonds. The van der Waals surface area contributed by atoms with E-state index in [4.69, 9.17) is 4.74 Å². The number of rotatable bonds is 3. The first-order valence-corrected chi connectivity index (χ1v) is 7.23. The van der Waals surface area contributed by atoms with E-state index in [-0.39, 0.29) is 0 Å². The molecule has 0 aliphatic carbocycles. The standard InChI is InChI=1S/C15H17NOS/c1-2-15(18-11-1)14-5-3-13(4-6-14)12-16-7-9-17-10-8-16/h1-6,11H,7-10,12H2. The minimum absolute atomic E-state index is 0.868. The van der Waals surface area contributed by atoms with Crippen molar-refractivity contribution >= 4 is 11.3 Å². The molecule has 2 heterocycles. The Balaban J connectivity index is 1.67. The number of morpholine rings is 1. The fraction of sp³-hybridized carbons (Fsp3) is 0.333. The highest BCUT2D eigenvalue weighted by molar-refractivity contribution is 7.13. The highest BCUT2D eigenvalue weighted by Crippen LogP contribution is 2.24. The third-order valence-electron chi connectivity index (χ3n) is 3.27. The normalized spacial score (nSPS) is 16.9. The van der Waals surface area contributed by atoms with Gasteiger partial charge in [-0.05, 0) is 22.6 Å². The molecule has 1 saturated heterocycles. The first-order valence-electron chi connectivity index (χ1n) is 6.35. The Morgan fingerprint density at radius 3 is 2.50 bits per heavy atom. The number of nitrogens with zero attached hydrogens (tertiary/aromatic N) is 1. The molecular weight excluding hydrogens is 242 g/mol. The number of thiophene rings is 1. The van der Waals surface area contributed by atoms with Crippen LogP contribution in [0.3, 0.4) is 0 Å². The third kappa shape index (κ3) is 2.80. The molecule has 2 nitrogen and oxygen atoms in total. The maximum absolute atomic E-state index is 5.37. The summed E-state index contributed by atoms with van der Waals surface area (Å²) in [5, 5.41) is 2.12. The average Bonchev–Trinajstić information content (AvgIpc) is 2.95. The molecule has 1 aromatic carbocycles. The summed E-state index contributed by atoms with van der Waals surface area (Å²) in [6.45, 7) is 4.87. The van der Waals surface area contributed by atoms with E-state index in [1.807, 2.05) is 0 Å². The van der Waals surface area contributed by atoms with Crippen LogP contribution in [0, 0.1) is 0 Å². The highest BCUT2D eigenvalue weighted by atomic mass is 32.1. The van der Waals surface area contributed by atoms with Gasteiger partial charge in [-0.1, -0.05) is 30.3 Å². The van der Waals surface area contributed by atoms with Crippen molar-refractivity contribution in [1.82, 2.24) is 4.90 Å².